The predicted molar refractivity (Wildman–Crippen MR) is 87.8 cm³/mol. The van der Waals surface area contributed by atoms with E-state index in [0.717, 1.165) is 43.7 Å². The molecule has 1 aromatic rings. The maximum atomic E-state index is 12.5. The summed E-state index contributed by atoms with van der Waals surface area (Å²) in [7, 11) is 0. The highest BCUT2D eigenvalue weighted by atomic mass is 16.1. The van der Waals surface area contributed by atoms with Crippen LogP contribution in [0.2, 0.25) is 0 Å². The number of carbonyl (C=O) groups is 1. The first kappa shape index (κ1) is 15.8. The van der Waals surface area contributed by atoms with Crippen molar-refractivity contribution >= 4 is 11.6 Å². The van der Waals surface area contributed by atoms with Crippen molar-refractivity contribution in [3.05, 3.63) is 29.8 Å². The molecule has 0 aromatic heterocycles. The molecule has 4 nitrogen and oxygen atoms in total. The molecule has 116 valence electrons. The number of nitrogens with one attached hydrogen (secondary N) is 2. The second-order valence-corrected chi connectivity index (χ2v) is 6.03. The molecule has 0 bridgehead atoms. The first-order valence-corrected chi connectivity index (χ1v) is 7.99. The molecule has 21 heavy (non-hydrogen) atoms. The summed E-state index contributed by atoms with van der Waals surface area (Å²) in [6, 6.07) is 8.34. The maximum Gasteiger partial charge on any atom is 0.253 e. The third-order valence-electron chi connectivity index (χ3n) is 3.99. The fraction of sp³-hybridized carbons (Fsp3) is 0.588. The molecule has 0 unspecified atom stereocenters. The standard InChI is InChI=1S/C17H27N3O/c1-4-20-11-9-14(10-12-20)19-17(21)15-7-5-6-8-16(15)18-13(2)3/h5-8,13-14,18H,4,9-12H2,1-3H3,(H,19,21). The zero-order valence-electron chi connectivity index (χ0n) is 13.4. The van der Waals surface area contributed by atoms with Crippen molar-refractivity contribution in [2.45, 2.75) is 45.7 Å². The van der Waals surface area contributed by atoms with Crippen LogP contribution in [0.5, 0.6) is 0 Å². The number of rotatable bonds is 5. The molecule has 1 fully saturated rings. The number of hydrogen-bond acceptors (Lipinski definition) is 3. The van der Waals surface area contributed by atoms with Crippen molar-refractivity contribution in [2.24, 2.45) is 0 Å². The minimum atomic E-state index is 0.0358. The first-order valence-electron chi connectivity index (χ1n) is 7.99. The number of carbonyl (C=O) groups excluding carboxylic acids is 1. The molecule has 4 heteroatoms. The lowest BCUT2D eigenvalue weighted by molar-refractivity contribution is 0.0913. The van der Waals surface area contributed by atoms with Gasteiger partial charge < -0.3 is 15.5 Å². The smallest absolute Gasteiger partial charge is 0.253 e. The molecule has 0 spiro atoms. The SMILES string of the molecule is CCN1CCC(NC(=O)c2ccccc2NC(C)C)CC1. The van der Waals surface area contributed by atoms with Crippen LogP contribution >= 0.6 is 0 Å². The van der Waals surface area contributed by atoms with E-state index in [1.54, 1.807) is 0 Å². The van der Waals surface area contributed by atoms with Crippen LogP contribution in [-0.4, -0.2) is 42.5 Å². The summed E-state index contributed by atoms with van der Waals surface area (Å²) in [5.41, 5.74) is 1.65. The molecule has 1 aliphatic rings. The van der Waals surface area contributed by atoms with Crippen LogP contribution in [0.4, 0.5) is 5.69 Å². The largest absolute Gasteiger partial charge is 0.382 e. The van der Waals surface area contributed by atoms with E-state index in [0.29, 0.717) is 12.1 Å². The molecule has 0 radical (unpaired) electrons. The Bertz CT molecular complexity index is 465. The third kappa shape index (κ3) is 4.46. The Morgan fingerprint density at radius 1 is 1.29 bits per heavy atom. The number of anilines is 1. The van der Waals surface area contributed by atoms with Crippen molar-refractivity contribution in [1.82, 2.24) is 10.2 Å². The molecular weight excluding hydrogens is 262 g/mol. The van der Waals surface area contributed by atoms with Gasteiger partial charge in [-0.15, -0.1) is 0 Å². The Hall–Kier alpha value is -1.55. The predicted octanol–water partition coefficient (Wildman–Crippen LogP) is 2.72. The van der Waals surface area contributed by atoms with Gasteiger partial charge in [0, 0.05) is 30.9 Å². The zero-order valence-corrected chi connectivity index (χ0v) is 13.4. The Labute approximate surface area is 127 Å². The van der Waals surface area contributed by atoms with Crippen LogP contribution < -0.4 is 10.6 Å². The van der Waals surface area contributed by atoms with Gasteiger partial charge in [0.1, 0.15) is 0 Å². The molecule has 1 saturated heterocycles. The van der Waals surface area contributed by atoms with Crippen LogP contribution in [0.1, 0.15) is 44.0 Å². The number of nitrogens with zero attached hydrogens (tertiary/aromatic N) is 1. The van der Waals surface area contributed by atoms with Crippen molar-refractivity contribution in [1.29, 1.82) is 0 Å². The fourth-order valence-electron chi connectivity index (χ4n) is 2.77. The molecule has 0 atom stereocenters. The zero-order chi connectivity index (χ0) is 15.2. The highest BCUT2D eigenvalue weighted by molar-refractivity contribution is 5.99. The van der Waals surface area contributed by atoms with E-state index in [9.17, 15) is 4.79 Å². The number of piperidine rings is 1. The lowest BCUT2D eigenvalue weighted by atomic mass is 10.0. The van der Waals surface area contributed by atoms with Crippen molar-refractivity contribution < 1.29 is 4.79 Å². The number of para-hydroxylation sites is 1. The van der Waals surface area contributed by atoms with Crippen molar-refractivity contribution in [2.75, 3.05) is 25.0 Å². The first-order chi connectivity index (χ1) is 10.1. The van der Waals surface area contributed by atoms with Gasteiger partial charge in [0.05, 0.1) is 5.56 Å². The van der Waals surface area contributed by atoms with E-state index in [1.165, 1.54) is 0 Å². The van der Waals surface area contributed by atoms with Crippen LogP contribution in [0.25, 0.3) is 0 Å². The summed E-state index contributed by atoms with van der Waals surface area (Å²) in [4.78, 5) is 14.9. The summed E-state index contributed by atoms with van der Waals surface area (Å²) in [5.74, 6) is 0.0358. The Balaban J connectivity index is 1.97. The summed E-state index contributed by atoms with van der Waals surface area (Å²) in [5, 5.41) is 6.53. The average molecular weight is 289 g/mol. The highest BCUT2D eigenvalue weighted by Gasteiger charge is 2.21. The van der Waals surface area contributed by atoms with Gasteiger partial charge in [-0.3, -0.25) is 4.79 Å². The number of hydrogen-bond donors (Lipinski definition) is 2. The lowest BCUT2D eigenvalue weighted by Crippen LogP contribution is -2.44. The van der Waals surface area contributed by atoms with Gasteiger partial charge in [0.15, 0.2) is 0 Å². The van der Waals surface area contributed by atoms with E-state index in [1.807, 2.05) is 24.3 Å². The van der Waals surface area contributed by atoms with Gasteiger partial charge in [-0.1, -0.05) is 19.1 Å². The Morgan fingerprint density at radius 3 is 2.57 bits per heavy atom. The molecule has 1 aromatic carbocycles. The van der Waals surface area contributed by atoms with Crippen LogP contribution in [0.15, 0.2) is 24.3 Å². The summed E-state index contributed by atoms with van der Waals surface area (Å²) in [6.07, 6.45) is 2.08. The second kappa shape index (κ2) is 7.46. The minimum Gasteiger partial charge on any atom is -0.382 e. The molecule has 0 aliphatic carbocycles. The van der Waals surface area contributed by atoms with Crippen LogP contribution in [-0.2, 0) is 0 Å². The summed E-state index contributed by atoms with van der Waals surface area (Å²) < 4.78 is 0. The molecule has 2 rings (SSSR count). The van der Waals surface area contributed by atoms with E-state index >= 15 is 0 Å². The van der Waals surface area contributed by atoms with Gasteiger partial charge in [-0.2, -0.15) is 0 Å². The molecule has 0 saturated carbocycles. The average Bonchev–Trinajstić information content (AvgIpc) is 2.48. The monoisotopic (exact) mass is 289 g/mol. The molecule has 1 amide bonds. The van der Waals surface area contributed by atoms with Gasteiger partial charge in [0.2, 0.25) is 0 Å². The molecule has 1 heterocycles. The maximum absolute atomic E-state index is 12.5. The number of likely N-dealkylation sites (tertiary alicyclic amines) is 1. The van der Waals surface area contributed by atoms with Crippen molar-refractivity contribution in [3.8, 4) is 0 Å². The van der Waals surface area contributed by atoms with Crippen molar-refractivity contribution in [3.63, 3.8) is 0 Å². The topological polar surface area (TPSA) is 44.4 Å². The fourth-order valence-corrected chi connectivity index (χ4v) is 2.77. The van der Waals surface area contributed by atoms with E-state index < -0.39 is 0 Å². The van der Waals surface area contributed by atoms with Gasteiger partial charge in [0.25, 0.3) is 5.91 Å². The highest BCUT2D eigenvalue weighted by Crippen LogP contribution is 2.17. The quantitative estimate of drug-likeness (QED) is 0.876. The summed E-state index contributed by atoms with van der Waals surface area (Å²) in [6.45, 7) is 9.60. The second-order valence-electron chi connectivity index (χ2n) is 6.03. The molecular formula is C17H27N3O. The number of benzene rings is 1. The third-order valence-corrected chi connectivity index (χ3v) is 3.99. The minimum absolute atomic E-state index is 0.0358. The number of amides is 1. The molecule has 2 N–H and O–H groups in total. The Morgan fingerprint density at radius 2 is 1.95 bits per heavy atom. The van der Waals surface area contributed by atoms with Crippen LogP contribution in [0, 0.1) is 0 Å². The van der Waals surface area contributed by atoms with E-state index in [4.69, 9.17) is 0 Å². The Kier molecular flexibility index (Phi) is 5.62. The van der Waals surface area contributed by atoms with Crippen LogP contribution in [0.3, 0.4) is 0 Å². The van der Waals surface area contributed by atoms with Gasteiger partial charge in [-0.25, -0.2) is 0 Å². The van der Waals surface area contributed by atoms with E-state index in [2.05, 4.69) is 36.3 Å². The van der Waals surface area contributed by atoms with Gasteiger partial charge in [-0.05, 0) is 45.4 Å². The van der Waals surface area contributed by atoms with E-state index in [-0.39, 0.29) is 5.91 Å². The summed E-state index contributed by atoms with van der Waals surface area (Å²) >= 11 is 0. The molecule has 1 aliphatic heterocycles. The lowest BCUT2D eigenvalue weighted by Gasteiger charge is -2.31. The normalized spacial score (nSPS) is 17.0. The van der Waals surface area contributed by atoms with Gasteiger partial charge >= 0.3 is 0 Å².